The number of carbonyl (C=O) groups excluding carboxylic acids is 2. The van der Waals surface area contributed by atoms with Crippen molar-refractivity contribution in [3.8, 4) is 33.6 Å². The monoisotopic (exact) mass is 534 g/mol. The Morgan fingerprint density at radius 1 is 1.00 bits per heavy atom. The van der Waals surface area contributed by atoms with Gasteiger partial charge in [0.2, 0.25) is 5.82 Å². The number of amides is 2. The first-order valence-corrected chi connectivity index (χ1v) is 12.7. The highest BCUT2D eigenvalue weighted by molar-refractivity contribution is 6.00. The van der Waals surface area contributed by atoms with E-state index in [1.807, 2.05) is 61.8 Å². The van der Waals surface area contributed by atoms with Crippen LogP contribution in [-0.2, 0) is 7.05 Å². The van der Waals surface area contributed by atoms with Gasteiger partial charge in [0.05, 0.1) is 11.8 Å². The van der Waals surface area contributed by atoms with E-state index >= 15 is 0 Å². The highest BCUT2D eigenvalue weighted by Crippen LogP contribution is 2.26. The zero-order valence-corrected chi connectivity index (χ0v) is 21.7. The third-order valence-electron chi connectivity index (χ3n) is 6.94. The minimum absolute atomic E-state index is 0.0800. The third-order valence-corrected chi connectivity index (χ3v) is 6.94. The number of H-pyrrole nitrogens is 1. The van der Waals surface area contributed by atoms with Crippen LogP contribution in [0.2, 0.25) is 0 Å². The van der Waals surface area contributed by atoms with Crippen molar-refractivity contribution < 1.29 is 9.59 Å². The molecule has 2 aromatic carbocycles. The van der Waals surface area contributed by atoms with Crippen molar-refractivity contribution >= 4 is 17.6 Å². The first kappa shape index (κ1) is 24.9. The fraction of sp³-hybridized carbons (Fsp3) is 0.179. The highest BCUT2D eigenvalue weighted by Gasteiger charge is 2.29. The molecule has 0 radical (unpaired) electrons. The largest absolute Gasteiger partial charge is 0.383 e. The number of aryl methyl sites for hydroxylation is 1. The minimum Gasteiger partial charge on any atom is -0.383 e. The van der Waals surface area contributed by atoms with Gasteiger partial charge < -0.3 is 16.0 Å². The van der Waals surface area contributed by atoms with Crippen molar-refractivity contribution in [1.82, 2.24) is 45.6 Å². The summed E-state index contributed by atoms with van der Waals surface area (Å²) in [6, 6.07) is 16.8. The summed E-state index contributed by atoms with van der Waals surface area (Å²) < 4.78 is 1.68. The summed E-state index contributed by atoms with van der Waals surface area (Å²) in [6.45, 7) is 0.955. The van der Waals surface area contributed by atoms with Crippen LogP contribution in [0.4, 0.5) is 5.82 Å². The smallest absolute Gasteiger partial charge is 0.255 e. The number of nitrogens with one attached hydrogen (secondary N) is 2. The highest BCUT2D eigenvalue weighted by atomic mass is 16.2. The molecule has 40 heavy (non-hydrogen) atoms. The number of hydrogen-bond acceptors (Lipinski definition) is 8. The number of benzene rings is 2. The molecule has 0 unspecified atom stereocenters. The van der Waals surface area contributed by atoms with Gasteiger partial charge in [0, 0.05) is 60.8 Å². The van der Waals surface area contributed by atoms with Crippen LogP contribution >= 0.6 is 0 Å². The maximum Gasteiger partial charge on any atom is 0.255 e. The van der Waals surface area contributed by atoms with Crippen molar-refractivity contribution in [2.45, 2.75) is 12.5 Å². The van der Waals surface area contributed by atoms with E-state index in [4.69, 9.17) is 5.73 Å². The van der Waals surface area contributed by atoms with Gasteiger partial charge in [0.25, 0.3) is 11.8 Å². The van der Waals surface area contributed by atoms with Crippen LogP contribution in [0.3, 0.4) is 0 Å². The number of carbonyl (C=O) groups is 2. The number of tetrazole rings is 1. The lowest BCUT2D eigenvalue weighted by molar-refractivity contribution is 0.0783. The van der Waals surface area contributed by atoms with E-state index in [-0.39, 0.29) is 23.7 Å². The molecule has 1 saturated heterocycles. The van der Waals surface area contributed by atoms with E-state index < -0.39 is 0 Å². The summed E-state index contributed by atoms with van der Waals surface area (Å²) >= 11 is 0. The molecule has 0 spiro atoms. The summed E-state index contributed by atoms with van der Waals surface area (Å²) in [5.74, 6) is 0.273. The second kappa shape index (κ2) is 10.4. The maximum absolute atomic E-state index is 13.2. The van der Waals surface area contributed by atoms with E-state index in [0.717, 1.165) is 27.8 Å². The van der Waals surface area contributed by atoms with Crippen molar-refractivity contribution in [1.29, 1.82) is 0 Å². The Balaban J connectivity index is 1.10. The lowest BCUT2D eigenvalue weighted by Crippen LogP contribution is -2.38. The predicted octanol–water partition coefficient (Wildman–Crippen LogP) is 2.56. The van der Waals surface area contributed by atoms with Gasteiger partial charge in [-0.25, -0.2) is 4.98 Å². The number of hydrogen-bond donors (Lipinski definition) is 3. The van der Waals surface area contributed by atoms with Gasteiger partial charge in [0.1, 0.15) is 5.82 Å². The Bertz CT molecular complexity index is 1680. The molecule has 0 saturated carbocycles. The fourth-order valence-corrected chi connectivity index (χ4v) is 4.82. The Labute approximate surface area is 229 Å². The Kier molecular flexibility index (Phi) is 6.48. The normalized spacial score (nSPS) is 14.8. The van der Waals surface area contributed by atoms with Gasteiger partial charge in [-0.05, 0) is 47.0 Å². The summed E-state index contributed by atoms with van der Waals surface area (Å²) in [5.41, 5.74) is 11.3. The molecule has 1 aliphatic rings. The third kappa shape index (κ3) is 5.01. The number of likely N-dealkylation sites (tertiary alicyclic amines) is 1. The van der Waals surface area contributed by atoms with Gasteiger partial charge in [-0.15, -0.1) is 10.2 Å². The van der Waals surface area contributed by atoms with Crippen molar-refractivity contribution in [3.63, 3.8) is 0 Å². The lowest BCUT2D eigenvalue weighted by Gasteiger charge is -2.18. The zero-order valence-electron chi connectivity index (χ0n) is 21.7. The van der Waals surface area contributed by atoms with Crippen LogP contribution in [0.1, 0.15) is 27.1 Å². The molecule has 12 nitrogen and oxygen atoms in total. The molecule has 0 bridgehead atoms. The van der Waals surface area contributed by atoms with E-state index in [0.29, 0.717) is 36.5 Å². The number of pyridine rings is 1. The molecule has 0 aliphatic carbocycles. The fourth-order valence-electron chi connectivity index (χ4n) is 4.82. The molecular formula is C28H26N10O2. The standard InChI is InChI=1S/C28H26N10O2/c1-37-15-22(14-31-37)21-12-24(25(29)30-13-21)27(39)32-23-9-10-38(16-23)28(40)18-7-5-17(6-8-18)19-3-2-4-20(11-19)26-33-35-36-34-26/h2-8,11-15,23H,9-10,16H2,1H3,(H2,29,30)(H,32,39)(H,33,34,35,36)/t23-/m1/s1. The molecule has 1 fully saturated rings. The van der Waals surface area contributed by atoms with Crippen LogP contribution in [0, 0.1) is 0 Å². The second-order valence-electron chi connectivity index (χ2n) is 9.66. The zero-order chi connectivity index (χ0) is 27.6. The average molecular weight is 535 g/mol. The van der Waals surface area contributed by atoms with Crippen LogP contribution in [0.25, 0.3) is 33.6 Å². The molecule has 5 aromatic rings. The number of rotatable bonds is 6. The topological polar surface area (TPSA) is 161 Å². The number of aromatic nitrogens is 7. The molecule has 12 heteroatoms. The second-order valence-corrected chi connectivity index (χ2v) is 9.66. The molecule has 1 aliphatic heterocycles. The van der Waals surface area contributed by atoms with Crippen LogP contribution in [0.15, 0.2) is 73.2 Å². The molecule has 2 amide bonds. The van der Waals surface area contributed by atoms with Gasteiger partial charge in [-0.3, -0.25) is 14.3 Å². The first-order valence-electron chi connectivity index (χ1n) is 12.7. The van der Waals surface area contributed by atoms with Crippen LogP contribution in [-0.4, -0.2) is 71.2 Å². The number of nitrogens with zero attached hydrogens (tertiary/aromatic N) is 7. The summed E-state index contributed by atoms with van der Waals surface area (Å²) in [5, 5.41) is 21.3. The molecule has 6 rings (SSSR count). The molecule has 1 atom stereocenters. The molecule has 3 aromatic heterocycles. The number of nitrogens with two attached hydrogens (primary N) is 1. The Morgan fingerprint density at radius 2 is 1.82 bits per heavy atom. The number of aromatic amines is 1. The summed E-state index contributed by atoms with van der Waals surface area (Å²) in [4.78, 5) is 32.2. The minimum atomic E-state index is -0.317. The van der Waals surface area contributed by atoms with Crippen LogP contribution in [0.5, 0.6) is 0 Å². The van der Waals surface area contributed by atoms with Crippen molar-refractivity contribution in [3.05, 3.63) is 84.3 Å². The lowest BCUT2D eigenvalue weighted by atomic mass is 10.0. The van der Waals surface area contributed by atoms with Crippen molar-refractivity contribution in [2.75, 3.05) is 18.8 Å². The average Bonchev–Trinajstić information content (AvgIpc) is 3.76. The van der Waals surface area contributed by atoms with E-state index in [9.17, 15) is 9.59 Å². The van der Waals surface area contributed by atoms with Gasteiger partial charge in [0.15, 0.2) is 0 Å². The Morgan fingerprint density at radius 3 is 2.58 bits per heavy atom. The first-order chi connectivity index (χ1) is 19.4. The molecular weight excluding hydrogens is 508 g/mol. The predicted molar refractivity (Wildman–Crippen MR) is 148 cm³/mol. The van der Waals surface area contributed by atoms with E-state index in [2.05, 4.69) is 36.0 Å². The summed E-state index contributed by atoms with van der Waals surface area (Å²) in [7, 11) is 1.82. The van der Waals surface area contributed by atoms with Gasteiger partial charge in [-0.1, -0.05) is 30.3 Å². The maximum atomic E-state index is 13.2. The SMILES string of the molecule is Cn1cc(-c2cnc(N)c(C(=O)N[C@@H]3CCN(C(=O)c4ccc(-c5cccc(-c6nn[nH]n6)c5)cc4)C3)c2)cn1. The van der Waals surface area contributed by atoms with Gasteiger partial charge in [-0.2, -0.15) is 10.3 Å². The Hall–Kier alpha value is -5.39. The van der Waals surface area contributed by atoms with E-state index in [1.165, 1.54) is 0 Å². The number of anilines is 1. The quantitative estimate of drug-likeness (QED) is 0.300. The molecule has 200 valence electrons. The summed E-state index contributed by atoms with van der Waals surface area (Å²) in [6.07, 6.45) is 5.81. The molecule has 4 N–H and O–H groups in total. The van der Waals surface area contributed by atoms with E-state index in [1.54, 1.807) is 28.0 Å². The molecule has 4 heterocycles. The van der Waals surface area contributed by atoms with Gasteiger partial charge >= 0.3 is 0 Å². The van der Waals surface area contributed by atoms with Crippen LogP contribution < -0.4 is 11.1 Å². The van der Waals surface area contributed by atoms with Crippen molar-refractivity contribution in [2.24, 2.45) is 7.05 Å². The number of nitrogen functional groups attached to an aromatic ring is 1.